The van der Waals surface area contributed by atoms with Gasteiger partial charge in [0.25, 0.3) is 5.91 Å². The van der Waals surface area contributed by atoms with Gasteiger partial charge >= 0.3 is 5.97 Å². The SMILES string of the molecule is CC(=O)N1C[C@H]2CN(C(=O)CCN3Cc4ccccc4C3=O)C[C@@]2(C(=O)O)C1. The molecule has 148 valence electrons. The van der Waals surface area contributed by atoms with E-state index in [1.807, 2.05) is 18.2 Å². The van der Waals surface area contributed by atoms with Crippen LogP contribution in [0.1, 0.15) is 29.3 Å². The fourth-order valence-electron chi connectivity index (χ4n) is 4.68. The molecule has 0 aromatic heterocycles. The van der Waals surface area contributed by atoms with Crippen LogP contribution in [-0.2, 0) is 20.9 Å². The van der Waals surface area contributed by atoms with Crippen LogP contribution < -0.4 is 0 Å². The number of carbonyl (C=O) groups is 4. The Kier molecular flexibility index (Phi) is 4.36. The molecule has 4 rings (SSSR count). The molecule has 0 aliphatic carbocycles. The summed E-state index contributed by atoms with van der Waals surface area (Å²) in [4.78, 5) is 53.5. The number of hydrogen-bond donors (Lipinski definition) is 1. The molecule has 0 bridgehead atoms. The maximum atomic E-state index is 12.7. The van der Waals surface area contributed by atoms with E-state index in [9.17, 15) is 24.3 Å². The van der Waals surface area contributed by atoms with E-state index in [2.05, 4.69) is 0 Å². The Hall–Kier alpha value is -2.90. The molecule has 0 spiro atoms. The number of nitrogens with zero attached hydrogens (tertiary/aromatic N) is 3. The first-order valence-electron chi connectivity index (χ1n) is 9.46. The summed E-state index contributed by atoms with van der Waals surface area (Å²) in [5.74, 6) is -1.56. The first kappa shape index (κ1) is 18.5. The topological polar surface area (TPSA) is 98.2 Å². The summed E-state index contributed by atoms with van der Waals surface area (Å²) in [7, 11) is 0. The van der Waals surface area contributed by atoms with Gasteiger partial charge < -0.3 is 19.8 Å². The van der Waals surface area contributed by atoms with Gasteiger partial charge in [0.15, 0.2) is 0 Å². The Morgan fingerprint density at radius 1 is 1.14 bits per heavy atom. The number of rotatable bonds is 4. The average Bonchev–Trinajstić information content (AvgIpc) is 3.29. The standard InChI is InChI=1S/C20H23N3O5/c1-13(24)22-9-15-10-23(12-20(15,11-22)19(27)28)17(25)6-7-21-8-14-4-2-3-5-16(14)18(21)26/h2-5,15H,6-12H2,1H3,(H,27,28)/t15-,20-/m0/s1. The molecule has 1 N–H and O–H groups in total. The van der Waals surface area contributed by atoms with Gasteiger partial charge in [0.1, 0.15) is 5.41 Å². The minimum Gasteiger partial charge on any atom is -0.481 e. The number of carboxylic acids is 1. The van der Waals surface area contributed by atoms with Crippen molar-refractivity contribution in [2.75, 3.05) is 32.7 Å². The van der Waals surface area contributed by atoms with E-state index in [1.54, 1.807) is 20.8 Å². The minimum absolute atomic E-state index is 0.0687. The third kappa shape index (κ3) is 2.83. The first-order chi connectivity index (χ1) is 13.3. The summed E-state index contributed by atoms with van der Waals surface area (Å²) in [5, 5.41) is 9.78. The lowest BCUT2D eigenvalue weighted by Gasteiger charge is -2.25. The average molecular weight is 385 g/mol. The fraction of sp³-hybridized carbons (Fsp3) is 0.500. The lowest BCUT2D eigenvalue weighted by atomic mass is 9.81. The lowest BCUT2D eigenvalue weighted by molar-refractivity contribution is -0.149. The Labute approximate surface area is 162 Å². The molecule has 0 unspecified atom stereocenters. The Morgan fingerprint density at radius 3 is 2.46 bits per heavy atom. The molecule has 0 radical (unpaired) electrons. The molecule has 3 aliphatic rings. The van der Waals surface area contributed by atoms with Gasteiger partial charge in [-0.25, -0.2) is 0 Å². The predicted octanol–water partition coefficient (Wildman–Crippen LogP) is 0.424. The van der Waals surface area contributed by atoms with Crippen molar-refractivity contribution in [3.05, 3.63) is 35.4 Å². The van der Waals surface area contributed by atoms with Crippen LogP contribution in [0, 0.1) is 11.3 Å². The van der Waals surface area contributed by atoms with E-state index in [1.165, 1.54) is 6.92 Å². The zero-order valence-corrected chi connectivity index (χ0v) is 15.8. The second-order valence-corrected chi connectivity index (χ2v) is 7.97. The Morgan fingerprint density at radius 2 is 1.82 bits per heavy atom. The smallest absolute Gasteiger partial charge is 0.313 e. The molecule has 2 atom stereocenters. The van der Waals surface area contributed by atoms with Gasteiger partial charge in [-0.15, -0.1) is 0 Å². The normalized spacial score (nSPS) is 25.8. The number of carboxylic acid groups (broad SMARTS) is 1. The quantitative estimate of drug-likeness (QED) is 0.810. The first-order valence-corrected chi connectivity index (χ1v) is 9.46. The highest BCUT2D eigenvalue weighted by Crippen LogP contribution is 2.43. The second kappa shape index (κ2) is 6.61. The minimum atomic E-state index is -1.08. The number of likely N-dealkylation sites (tertiary alicyclic amines) is 2. The van der Waals surface area contributed by atoms with Crippen molar-refractivity contribution in [1.29, 1.82) is 0 Å². The third-order valence-corrected chi connectivity index (χ3v) is 6.32. The van der Waals surface area contributed by atoms with Crippen LogP contribution >= 0.6 is 0 Å². The maximum absolute atomic E-state index is 12.7. The molecule has 1 aromatic rings. The van der Waals surface area contributed by atoms with Crippen LogP contribution in [0.2, 0.25) is 0 Å². The second-order valence-electron chi connectivity index (χ2n) is 7.97. The summed E-state index contributed by atoms with van der Waals surface area (Å²) in [6.45, 7) is 3.21. The summed E-state index contributed by atoms with van der Waals surface area (Å²) < 4.78 is 0. The van der Waals surface area contributed by atoms with E-state index in [0.717, 1.165) is 5.56 Å². The van der Waals surface area contributed by atoms with Crippen molar-refractivity contribution in [2.45, 2.75) is 19.9 Å². The number of amides is 3. The zero-order chi connectivity index (χ0) is 20.1. The van der Waals surface area contributed by atoms with Crippen molar-refractivity contribution in [3.8, 4) is 0 Å². The summed E-state index contributed by atoms with van der Waals surface area (Å²) in [5.41, 5.74) is 0.561. The van der Waals surface area contributed by atoms with Crippen molar-refractivity contribution >= 4 is 23.7 Å². The highest BCUT2D eigenvalue weighted by molar-refractivity contribution is 5.98. The number of aliphatic carboxylic acids is 1. The Bertz CT molecular complexity index is 869. The summed E-state index contributed by atoms with van der Waals surface area (Å²) in [6, 6.07) is 7.41. The molecule has 8 nitrogen and oxygen atoms in total. The Balaban J connectivity index is 1.38. The molecule has 3 amide bonds. The van der Waals surface area contributed by atoms with Gasteiger partial charge in [-0.05, 0) is 11.6 Å². The summed E-state index contributed by atoms with van der Waals surface area (Å²) >= 11 is 0. The molecular weight excluding hydrogens is 362 g/mol. The van der Waals surface area contributed by atoms with E-state index in [-0.39, 0.29) is 43.1 Å². The number of carbonyl (C=O) groups excluding carboxylic acids is 3. The lowest BCUT2D eigenvalue weighted by Crippen LogP contribution is -2.43. The summed E-state index contributed by atoms with van der Waals surface area (Å²) in [6.07, 6.45) is 0.165. The molecule has 8 heteroatoms. The number of hydrogen-bond acceptors (Lipinski definition) is 4. The molecule has 3 heterocycles. The van der Waals surface area contributed by atoms with Gasteiger partial charge in [0, 0.05) is 64.1 Å². The largest absolute Gasteiger partial charge is 0.481 e. The van der Waals surface area contributed by atoms with Gasteiger partial charge in [-0.2, -0.15) is 0 Å². The van der Waals surface area contributed by atoms with Crippen molar-refractivity contribution < 1.29 is 24.3 Å². The van der Waals surface area contributed by atoms with Crippen LogP contribution in [0.5, 0.6) is 0 Å². The number of fused-ring (bicyclic) bond motifs is 2. The van der Waals surface area contributed by atoms with Crippen LogP contribution in [-0.4, -0.2) is 76.2 Å². The van der Waals surface area contributed by atoms with Crippen LogP contribution in [0.15, 0.2) is 24.3 Å². The van der Waals surface area contributed by atoms with E-state index in [4.69, 9.17) is 0 Å². The highest BCUT2D eigenvalue weighted by Gasteiger charge is 2.59. The molecule has 0 saturated carbocycles. The molecule has 2 saturated heterocycles. The van der Waals surface area contributed by atoms with Gasteiger partial charge in [-0.1, -0.05) is 18.2 Å². The molecule has 2 fully saturated rings. The van der Waals surface area contributed by atoms with Crippen molar-refractivity contribution in [3.63, 3.8) is 0 Å². The number of benzene rings is 1. The highest BCUT2D eigenvalue weighted by atomic mass is 16.4. The fourth-order valence-corrected chi connectivity index (χ4v) is 4.68. The van der Waals surface area contributed by atoms with Gasteiger partial charge in [-0.3, -0.25) is 19.2 Å². The van der Waals surface area contributed by atoms with Gasteiger partial charge in [0.05, 0.1) is 0 Å². The van der Waals surface area contributed by atoms with E-state index in [0.29, 0.717) is 31.7 Å². The van der Waals surface area contributed by atoms with Crippen LogP contribution in [0.25, 0.3) is 0 Å². The predicted molar refractivity (Wildman–Crippen MR) is 98.2 cm³/mol. The molecule has 1 aromatic carbocycles. The van der Waals surface area contributed by atoms with Crippen molar-refractivity contribution in [2.24, 2.45) is 11.3 Å². The van der Waals surface area contributed by atoms with E-state index >= 15 is 0 Å². The molecular formula is C20H23N3O5. The molecule has 28 heavy (non-hydrogen) atoms. The van der Waals surface area contributed by atoms with Crippen molar-refractivity contribution in [1.82, 2.24) is 14.7 Å². The van der Waals surface area contributed by atoms with Crippen LogP contribution in [0.4, 0.5) is 0 Å². The zero-order valence-electron chi connectivity index (χ0n) is 15.8. The third-order valence-electron chi connectivity index (χ3n) is 6.32. The van der Waals surface area contributed by atoms with Crippen LogP contribution in [0.3, 0.4) is 0 Å². The van der Waals surface area contributed by atoms with E-state index < -0.39 is 11.4 Å². The monoisotopic (exact) mass is 385 g/mol. The van der Waals surface area contributed by atoms with Gasteiger partial charge in [0.2, 0.25) is 11.8 Å². The molecule has 3 aliphatic heterocycles. The maximum Gasteiger partial charge on any atom is 0.313 e.